The van der Waals surface area contributed by atoms with Crippen molar-refractivity contribution in [1.82, 2.24) is 0 Å². The van der Waals surface area contributed by atoms with Crippen LogP contribution in [0.1, 0.15) is 278 Å². The van der Waals surface area contributed by atoms with Crippen LogP contribution < -0.4 is 0 Å². The minimum absolute atomic E-state index is 0.0886. The first-order chi connectivity index (χ1) is 34.0. The third kappa shape index (κ3) is 55.4. The summed E-state index contributed by atoms with van der Waals surface area (Å²) in [5.74, 6) is -0.922. The molecule has 0 spiro atoms. The molecule has 0 amide bonds. The number of hydrogen-bond donors (Lipinski definition) is 0. The van der Waals surface area contributed by atoms with Crippen molar-refractivity contribution in [3.8, 4) is 0 Å². The molecule has 0 fully saturated rings. The van der Waals surface area contributed by atoms with Crippen LogP contribution in [-0.2, 0) is 28.6 Å². The maximum atomic E-state index is 12.9. The molecule has 0 aromatic rings. The van der Waals surface area contributed by atoms with Gasteiger partial charge in [0.15, 0.2) is 6.10 Å². The first-order valence-corrected chi connectivity index (χ1v) is 29.1. The summed E-state index contributed by atoms with van der Waals surface area (Å²) in [5, 5.41) is 0. The molecular formula is C63H108O6. The summed E-state index contributed by atoms with van der Waals surface area (Å²) in [7, 11) is 0. The first kappa shape index (κ1) is 65.6. The van der Waals surface area contributed by atoms with E-state index < -0.39 is 6.10 Å². The predicted molar refractivity (Wildman–Crippen MR) is 297 cm³/mol. The molecule has 0 aliphatic rings. The Hall–Kier alpha value is -3.41. The molecule has 0 aromatic heterocycles. The second-order valence-electron chi connectivity index (χ2n) is 19.2. The van der Waals surface area contributed by atoms with Gasteiger partial charge in [-0.2, -0.15) is 0 Å². The summed E-state index contributed by atoms with van der Waals surface area (Å²) < 4.78 is 16.9. The van der Waals surface area contributed by atoms with Crippen LogP contribution in [0, 0.1) is 0 Å². The Balaban J connectivity index is 4.45. The number of hydrogen-bond acceptors (Lipinski definition) is 6. The van der Waals surface area contributed by atoms with Crippen LogP contribution in [0.5, 0.6) is 0 Å². The van der Waals surface area contributed by atoms with E-state index in [2.05, 4.69) is 106 Å². The minimum Gasteiger partial charge on any atom is -0.462 e. The SMILES string of the molecule is CC/C=C\C/C=C\C/C=C\C/C=C\C/C=C\CCCCCC(=O)OCC(COC(=O)CCCCCCCCCCCCCCCC)OC(=O)CCCCCCCCC/C=C\C/C=C\CCCCCC. The average Bonchev–Trinajstić information content (AvgIpc) is 3.35. The van der Waals surface area contributed by atoms with E-state index in [0.717, 1.165) is 109 Å². The average molecular weight is 962 g/mol. The van der Waals surface area contributed by atoms with Crippen molar-refractivity contribution in [1.29, 1.82) is 0 Å². The highest BCUT2D eigenvalue weighted by Gasteiger charge is 2.19. The Kier molecular flexibility index (Phi) is 54.3. The normalized spacial score (nSPS) is 12.7. The van der Waals surface area contributed by atoms with Gasteiger partial charge in [0.05, 0.1) is 0 Å². The van der Waals surface area contributed by atoms with E-state index in [1.807, 2.05) is 0 Å². The maximum Gasteiger partial charge on any atom is 0.306 e. The molecule has 0 saturated heterocycles. The Morgan fingerprint density at radius 2 is 0.565 bits per heavy atom. The van der Waals surface area contributed by atoms with E-state index in [-0.39, 0.29) is 31.1 Å². The quantitative estimate of drug-likeness (QED) is 0.0262. The molecule has 0 aromatic carbocycles. The fourth-order valence-electron chi connectivity index (χ4n) is 8.03. The zero-order chi connectivity index (χ0) is 50.0. The van der Waals surface area contributed by atoms with Crippen LogP contribution in [0.25, 0.3) is 0 Å². The van der Waals surface area contributed by atoms with E-state index in [4.69, 9.17) is 14.2 Å². The number of carbonyl (C=O) groups is 3. The molecule has 1 atom stereocenters. The topological polar surface area (TPSA) is 78.9 Å². The smallest absolute Gasteiger partial charge is 0.306 e. The zero-order valence-electron chi connectivity index (χ0n) is 45.3. The van der Waals surface area contributed by atoms with Gasteiger partial charge in [-0.25, -0.2) is 0 Å². The molecule has 0 N–H and O–H groups in total. The van der Waals surface area contributed by atoms with E-state index in [9.17, 15) is 14.4 Å². The van der Waals surface area contributed by atoms with Gasteiger partial charge < -0.3 is 14.2 Å². The van der Waals surface area contributed by atoms with Crippen molar-refractivity contribution in [3.05, 3.63) is 85.1 Å². The van der Waals surface area contributed by atoms with Gasteiger partial charge in [-0.1, -0.05) is 247 Å². The molecular weight excluding hydrogens is 853 g/mol. The minimum atomic E-state index is -0.794. The van der Waals surface area contributed by atoms with E-state index in [1.54, 1.807) is 0 Å². The van der Waals surface area contributed by atoms with Crippen molar-refractivity contribution >= 4 is 17.9 Å². The van der Waals surface area contributed by atoms with E-state index in [0.29, 0.717) is 19.3 Å². The van der Waals surface area contributed by atoms with Crippen molar-refractivity contribution in [3.63, 3.8) is 0 Å². The highest BCUT2D eigenvalue weighted by atomic mass is 16.6. The molecule has 1 unspecified atom stereocenters. The predicted octanol–water partition coefficient (Wildman–Crippen LogP) is 19.5. The molecule has 0 saturated carbocycles. The molecule has 0 bridgehead atoms. The van der Waals surface area contributed by atoms with Crippen LogP contribution in [-0.4, -0.2) is 37.2 Å². The first-order valence-electron chi connectivity index (χ1n) is 29.1. The fraction of sp³-hybridized carbons (Fsp3) is 0.730. The summed E-state index contributed by atoms with van der Waals surface area (Å²) in [5.41, 5.74) is 0. The highest BCUT2D eigenvalue weighted by molar-refractivity contribution is 5.71. The van der Waals surface area contributed by atoms with Gasteiger partial charge in [-0.15, -0.1) is 0 Å². The third-order valence-electron chi connectivity index (χ3n) is 12.4. The standard InChI is InChI=1S/C63H108O6/c1-4-7-10-13-16-19-22-25-28-30-32-34-35-38-41-44-47-50-53-56-62(65)68-59-60(58-67-61(64)55-52-49-46-43-40-37-27-24-21-18-15-12-9-6-3)69-63(66)57-54-51-48-45-42-39-36-33-31-29-26-23-20-17-14-11-8-5-2/h7,10,16,19-20,23,25,28-29,31-32,34,38,41,60H,4-6,8-9,11-15,17-18,21-22,24,26-27,30,33,35-37,39-40,42-59H2,1-3H3/b10-7-,19-16-,23-20-,28-25-,31-29-,34-32-,41-38-. The van der Waals surface area contributed by atoms with Crippen LogP contribution in [0.2, 0.25) is 0 Å². The van der Waals surface area contributed by atoms with Crippen molar-refractivity contribution in [2.24, 2.45) is 0 Å². The molecule has 0 heterocycles. The molecule has 0 aliphatic heterocycles. The Morgan fingerprint density at radius 1 is 0.304 bits per heavy atom. The van der Waals surface area contributed by atoms with Gasteiger partial charge in [0, 0.05) is 19.3 Å². The summed E-state index contributed by atoms with van der Waals surface area (Å²) in [4.78, 5) is 38.2. The molecule has 0 aliphatic carbocycles. The van der Waals surface area contributed by atoms with Crippen LogP contribution in [0.3, 0.4) is 0 Å². The molecule has 6 nitrogen and oxygen atoms in total. The Bertz CT molecular complexity index is 1330. The summed E-state index contributed by atoms with van der Waals surface area (Å²) in [6.07, 6.45) is 74.2. The second kappa shape index (κ2) is 57.2. The second-order valence-corrected chi connectivity index (χ2v) is 19.2. The van der Waals surface area contributed by atoms with Gasteiger partial charge in [0.2, 0.25) is 0 Å². The van der Waals surface area contributed by atoms with Gasteiger partial charge in [-0.05, 0) is 96.3 Å². The Morgan fingerprint density at radius 3 is 0.913 bits per heavy atom. The van der Waals surface area contributed by atoms with Gasteiger partial charge in [-0.3, -0.25) is 14.4 Å². The molecule has 0 radical (unpaired) electrons. The monoisotopic (exact) mass is 961 g/mol. The lowest BCUT2D eigenvalue weighted by atomic mass is 10.0. The number of allylic oxidation sites excluding steroid dienone is 14. The van der Waals surface area contributed by atoms with Gasteiger partial charge in [0.25, 0.3) is 0 Å². The number of carbonyl (C=O) groups excluding carboxylic acids is 3. The van der Waals surface area contributed by atoms with Gasteiger partial charge in [0.1, 0.15) is 13.2 Å². The van der Waals surface area contributed by atoms with Crippen LogP contribution >= 0.6 is 0 Å². The summed E-state index contributed by atoms with van der Waals surface area (Å²) in [6.45, 7) is 6.49. The van der Waals surface area contributed by atoms with Crippen molar-refractivity contribution < 1.29 is 28.6 Å². The number of esters is 3. The van der Waals surface area contributed by atoms with Crippen LogP contribution in [0.4, 0.5) is 0 Å². The van der Waals surface area contributed by atoms with E-state index in [1.165, 1.54) is 128 Å². The largest absolute Gasteiger partial charge is 0.462 e. The van der Waals surface area contributed by atoms with Crippen molar-refractivity contribution in [2.75, 3.05) is 13.2 Å². The molecule has 69 heavy (non-hydrogen) atoms. The maximum absolute atomic E-state index is 12.9. The third-order valence-corrected chi connectivity index (χ3v) is 12.4. The Labute approximate surface area is 426 Å². The number of ether oxygens (including phenoxy) is 3. The lowest BCUT2D eigenvalue weighted by Gasteiger charge is -2.18. The lowest BCUT2D eigenvalue weighted by molar-refractivity contribution is -0.167. The number of unbranched alkanes of at least 4 members (excludes halogenated alkanes) is 27. The zero-order valence-corrected chi connectivity index (χ0v) is 45.3. The van der Waals surface area contributed by atoms with E-state index >= 15 is 0 Å². The molecule has 6 heteroatoms. The highest BCUT2D eigenvalue weighted by Crippen LogP contribution is 2.15. The van der Waals surface area contributed by atoms with Crippen molar-refractivity contribution in [2.45, 2.75) is 284 Å². The summed E-state index contributed by atoms with van der Waals surface area (Å²) >= 11 is 0. The number of rotatable bonds is 52. The lowest BCUT2D eigenvalue weighted by Crippen LogP contribution is -2.30. The summed E-state index contributed by atoms with van der Waals surface area (Å²) in [6, 6.07) is 0. The molecule has 0 rings (SSSR count). The fourth-order valence-corrected chi connectivity index (χ4v) is 8.03. The molecule has 396 valence electrons. The van der Waals surface area contributed by atoms with Gasteiger partial charge >= 0.3 is 17.9 Å². The van der Waals surface area contributed by atoms with Crippen LogP contribution in [0.15, 0.2) is 85.1 Å².